The van der Waals surface area contributed by atoms with Gasteiger partial charge >= 0.3 is 0 Å². The predicted molar refractivity (Wildman–Crippen MR) is 45.4 cm³/mol. The Morgan fingerprint density at radius 2 is 2.20 bits per heavy atom. The first kappa shape index (κ1) is 6.07. The molecule has 2 heterocycles. The second-order valence-corrected chi connectivity index (χ2v) is 3.36. The molecule has 0 aliphatic carbocycles. The van der Waals surface area contributed by atoms with Crippen molar-refractivity contribution in [2.24, 2.45) is 0 Å². The van der Waals surface area contributed by atoms with E-state index in [0.29, 0.717) is 0 Å². The molecule has 1 nitrogen and oxygen atoms in total. The molecular weight excluding hydrogens is 162 g/mol. The summed E-state index contributed by atoms with van der Waals surface area (Å²) in [6.07, 6.45) is 1.90. The van der Waals surface area contributed by atoms with Crippen LogP contribution in [0.25, 0.3) is 11.1 Å². The topological polar surface area (TPSA) is 12.9 Å². The van der Waals surface area contributed by atoms with Gasteiger partial charge in [-0.05, 0) is 33.9 Å². The second kappa shape index (κ2) is 2.52. The lowest BCUT2D eigenvalue weighted by molar-refractivity contribution is 1.58. The molecule has 0 aliphatic heterocycles. The first-order chi connectivity index (χ1) is 4.97. The van der Waals surface area contributed by atoms with Crippen molar-refractivity contribution < 1.29 is 0 Å². The van der Waals surface area contributed by atoms with Crippen LogP contribution in [0.4, 0.5) is 0 Å². The first-order valence-corrected chi connectivity index (χ1v) is 4.67. The third kappa shape index (κ3) is 0.978. The van der Waals surface area contributed by atoms with Gasteiger partial charge in [-0.3, -0.25) is 0 Å². The highest BCUT2D eigenvalue weighted by molar-refractivity contribution is 7.08. The normalized spacial score (nSPS) is 10.0. The lowest BCUT2D eigenvalue weighted by atomic mass is 10.2. The van der Waals surface area contributed by atoms with E-state index >= 15 is 0 Å². The van der Waals surface area contributed by atoms with Gasteiger partial charge in [-0.15, -0.1) is 0 Å². The molecule has 0 bridgehead atoms. The summed E-state index contributed by atoms with van der Waals surface area (Å²) in [7, 11) is 0. The van der Waals surface area contributed by atoms with E-state index in [-0.39, 0.29) is 0 Å². The minimum Gasteiger partial charge on any atom is -0.201 e. The molecule has 0 saturated carbocycles. The van der Waals surface area contributed by atoms with E-state index in [4.69, 9.17) is 0 Å². The number of hydrogen-bond donors (Lipinski definition) is 0. The summed E-state index contributed by atoms with van der Waals surface area (Å²) in [4.78, 5) is 0. The largest absolute Gasteiger partial charge is 0.201 e. The molecule has 0 unspecified atom stereocenters. The Balaban J connectivity index is 2.48. The van der Waals surface area contributed by atoms with Crippen LogP contribution < -0.4 is 0 Å². The van der Waals surface area contributed by atoms with Crippen LogP contribution in [0.5, 0.6) is 0 Å². The third-order valence-electron chi connectivity index (χ3n) is 1.29. The Morgan fingerprint density at radius 1 is 1.20 bits per heavy atom. The zero-order chi connectivity index (χ0) is 6.81. The number of hydrogen-bond acceptors (Lipinski definition) is 3. The van der Waals surface area contributed by atoms with E-state index in [2.05, 4.69) is 26.6 Å². The van der Waals surface area contributed by atoms with Crippen molar-refractivity contribution in [1.29, 1.82) is 0 Å². The monoisotopic (exact) mass is 167 g/mol. The van der Waals surface area contributed by atoms with Crippen LogP contribution in [-0.4, -0.2) is 4.37 Å². The summed E-state index contributed by atoms with van der Waals surface area (Å²) in [5.74, 6) is 0. The molecule has 0 N–H and O–H groups in total. The van der Waals surface area contributed by atoms with Crippen molar-refractivity contribution in [1.82, 2.24) is 4.37 Å². The number of nitrogens with zero attached hydrogens (tertiary/aromatic N) is 1. The molecule has 0 spiro atoms. The van der Waals surface area contributed by atoms with E-state index in [1.807, 2.05) is 6.20 Å². The SMILES string of the molecule is c1cc(-c2cnsc2)cs1. The van der Waals surface area contributed by atoms with Gasteiger partial charge in [-0.2, -0.15) is 11.3 Å². The molecule has 3 heteroatoms. The van der Waals surface area contributed by atoms with Crippen molar-refractivity contribution in [3.8, 4) is 11.1 Å². The van der Waals surface area contributed by atoms with Crippen LogP contribution in [0.2, 0.25) is 0 Å². The van der Waals surface area contributed by atoms with E-state index < -0.39 is 0 Å². The smallest absolute Gasteiger partial charge is 0.0485 e. The molecule has 2 rings (SSSR count). The summed E-state index contributed by atoms with van der Waals surface area (Å²) in [5.41, 5.74) is 2.50. The predicted octanol–water partition coefficient (Wildman–Crippen LogP) is 2.87. The molecule has 2 aromatic heterocycles. The first-order valence-electron chi connectivity index (χ1n) is 2.89. The van der Waals surface area contributed by atoms with Crippen LogP contribution in [-0.2, 0) is 0 Å². The Morgan fingerprint density at radius 3 is 2.80 bits per heavy atom. The average molecular weight is 167 g/mol. The van der Waals surface area contributed by atoms with E-state index in [9.17, 15) is 0 Å². The van der Waals surface area contributed by atoms with E-state index in [1.165, 1.54) is 22.7 Å². The molecule has 2 aromatic rings. The highest BCUT2D eigenvalue weighted by atomic mass is 32.1. The van der Waals surface area contributed by atoms with Crippen molar-refractivity contribution in [3.63, 3.8) is 0 Å². The van der Waals surface area contributed by atoms with Gasteiger partial charge in [-0.1, -0.05) is 0 Å². The molecule has 0 fully saturated rings. The fourth-order valence-corrected chi connectivity index (χ4v) is 1.99. The lowest BCUT2D eigenvalue weighted by Gasteiger charge is -1.84. The zero-order valence-corrected chi connectivity index (χ0v) is 6.78. The standard InChI is InChI=1S/C7H5NS2/c1-2-9-4-6(1)7-3-8-10-5-7/h1-5H. The minimum atomic E-state index is 1.23. The van der Waals surface area contributed by atoms with Crippen molar-refractivity contribution in [3.05, 3.63) is 28.4 Å². The highest BCUT2D eigenvalue weighted by Crippen LogP contribution is 2.22. The fraction of sp³-hybridized carbons (Fsp3) is 0. The van der Waals surface area contributed by atoms with Gasteiger partial charge < -0.3 is 0 Å². The molecule has 0 aliphatic rings. The number of aromatic nitrogens is 1. The van der Waals surface area contributed by atoms with Gasteiger partial charge in [0, 0.05) is 17.1 Å². The molecule has 0 aromatic carbocycles. The summed E-state index contributed by atoms with van der Waals surface area (Å²) in [6.45, 7) is 0. The Bertz CT molecular complexity index is 251. The molecule has 50 valence electrons. The molecule has 10 heavy (non-hydrogen) atoms. The van der Waals surface area contributed by atoms with Crippen molar-refractivity contribution in [2.75, 3.05) is 0 Å². The minimum absolute atomic E-state index is 1.23. The Kier molecular flexibility index (Phi) is 1.53. The quantitative estimate of drug-likeness (QED) is 0.636. The molecule has 0 radical (unpaired) electrons. The van der Waals surface area contributed by atoms with Gasteiger partial charge in [0.25, 0.3) is 0 Å². The second-order valence-electron chi connectivity index (χ2n) is 1.93. The maximum Gasteiger partial charge on any atom is 0.0485 e. The molecular formula is C7H5NS2. The maximum atomic E-state index is 4.02. The summed E-state index contributed by atoms with van der Waals surface area (Å²) < 4.78 is 4.02. The summed E-state index contributed by atoms with van der Waals surface area (Å²) in [6, 6.07) is 2.11. The van der Waals surface area contributed by atoms with Crippen LogP contribution in [0.1, 0.15) is 0 Å². The van der Waals surface area contributed by atoms with Crippen molar-refractivity contribution in [2.45, 2.75) is 0 Å². The van der Waals surface area contributed by atoms with E-state index in [1.54, 1.807) is 11.3 Å². The molecule has 0 saturated heterocycles. The summed E-state index contributed by atoms with van der Waals surface area (Å²) in [5, 5.41) is 6.26. The van der Waals surface area contributed by atoms with Crippen LogP contribution in [0, 0.1) is 0 Å². The zero-order valence-electron chi connectivity index (χ0n) is 5.15. The van der Waals surface area contributed by atoms with Gasteiger partial charge in [-0.25, -0.2) is 4.37 Å². The Hall–Kier alpha value is -0.670. The maximum absolute atomic E-state index is 4.02. The van der Waals surface area contributed by atoms with Crippen LogP contribution >= 0.6 is 22.9 Å². The van der Waals surface area contributed by atoms with Crippen LogP contribution in [0.15, 0.2) is 28.4 Å². The Labute approximate surface area is 67.1 Å². The number of rotatable bonds is 1. The van der Waals surface area contributed by atoms with Crippen LogP contribution in [0.3, 0.4) is 0 Å². The number of thiophene rings is 1. The molecule has 0 atom stereocenters. The van der Waals surface area contributed by atoms with Crippen molar-refractivity contribution >= 4 is 22.9 Å². The lowest BCUT2D eigenvalue weighted by Crippen LogP contribution is -1.62. The van der Waals surface area contributed by atoms with E-state index in [0.717, 1.165) is 0 Å². The third-order valence-corrected chi connectivity index (χ3v) is 2.56. The molecule has 0 amide bonds. The van der Waals surface area contributed by atoms with Gasteiger partial charge in [0.05, 0.1) is 0 Å². The summed E-state index contributed by atoms with van der Waals surface area (Å²) >= 11 is 3.21. The fourth-order valence-electron chi connectivity index (χ4n) is 0.776. The average Bonchev–Trinajstić information content (AvgIpc) is 2.59. The highest BCUT2D eigenvalue weighted by Gasteiger charge is 1.96. The van der Waals surface area contributed by atoms with Gasteiger partial charge in [0.1, 0.15) is 0 Å². The van der Waals surface area contributed by atoms with Gasteiger partial charge in [0.15, 0.2) is 0 Å². The van der Waals surface area contributed by atoms with Gasteiger partial charge in [0.2, 0.25) is 0 Å².